The van der Waals surface area contributed by atoms with Crippen molar-refractivity contribution in [2.75, 3.05) is 6.54 Å². The van der Waals surface area contributed by atoms with Crippen LogP contribution in [-0.2, 0) is 0 Å². The second kappa shape index (κ2) is 7.39. The molecule has 2 aliphatic heterocycles. The smallest absolute Gasteiger partial charge is 0.154 e. The number of nitrogens with zero attached hydrogens (tertiary/aromatic N) is 4. The molecule has 0 spiro atoms. The summed E-state index contributed by atoms with van der Waals surface area (Å²) in [6.45, 7) is 14.3. The minimum absolute atomic E-state index is 0.0331. The predicted octanol–water partition coefficient (Wildman–Crippen LogP) is 4.35. The summed E-state index contributed by atoms with van der Waals surface area (Å²) in [5.41, 5.74) is 15.6. The number of allylic oxidation sites excluding steroid dienone is 3. The number of amidine groups is 2. The van der Waals surface area contributed by atoms with Crippen LogP contribution in [0.15, 0.2) is 50.2 Å². The molecule has 4 rings (SSSR count). The van der Waals surface area contributed by atoms with E-state index in [2.05, 4.69) is 69.4 Å². The van der Waals surface area contributed by atoms with Gasteiger partial charge in [0.25, 0.3) is 0 Å². The van der Waals surface area contributed by atoms with E-state index in [9.17, 15) is 0 Å². The summed E-state index contributed by atoms with van der Waals surface area (Å²) < 4.78 is 0. The highest BCUT2D eigenvalue weighted by Gasteiger charge is 2.55. The van der Waals surface area contributed by atoms with Crippen molar-refractivity contribution < 1.29 is 0 Å². The first-order chi connectivity index (χ1) is 13.6. The summed E-state index contributed by atoms with van der Waals surface area (Å²) in [6, 6.07) is 0.0526. The van der Waals surface area contributed by atoms with Gasteiger partial charge >= 0.3 is 0 Å². The Balaban J connectivity index is 1.61. The van der Waals surface area contributed by atoms with E-state index in [1.54, 1.807) is 0 Å². The van der Waals surface area contributed by atoms with Crippen molar-refractivity contribution in [1.29, 1.82) is 0 Å². The van der Waals surface area contributed by atoms with Crippen LogP contribution in [0, 0.1) is 5.92 Å². The summed E-state index contributed by atoms with van der Waals surface area (Å²) in [4.78, 5) is 9.81. The first kappa shape index (κ1) is 20.3. The number of hydrogen-bond donors (Lipinski definition) is 1. The van der Waals surface area contributed by atoms with Crippen LogP contribution in [0.25, 0.3) is 0 Å². The number of rotatable bonds is 4. The fraction of sp³-hybridized carbons (Fsp3) is 0.625. The summed E-state index contributed by atoms with van der Waals surface area (Å²) >= 11 is 0. The number of hydrogen-bond acceptors (Lipinski definition) is 5. The maximum absolute atomic E-state index is 6.51. The number of hydrazine groups is 1. The molecule has 0 radical (unpaired) electrons. The third kappa shape index (κ3) is 3.79. The Morgan fingerprint density at radius 1 is 1.17 bits per heavy atom. The first-order valence-corrected chi connectivity index (χ1v) is 11.0. The van der Waals surface area contributed by atoms with Gasteiger partial charge in [-0.2, -0.15) is 0 Å². The van der Waals surface area contributed by atoms with Crippen LogP contribution in [0.2, 0.25) is 0 Å². The van der Waals surface area contributed by atoms with Gasteiger partial charge in [-0.15, -0.1) is 5.73 Å². The molecule has 1 unspecified atom stereocenters. The van der Waals surface area contributed by atoms with Crippen molar-refractivity contribution in [2.24, 2.45) is 21.6 Å². The lowest BCUT2D eigenvalue weighted by molar-refractivity contribution is -0.226. The standard InChI is InChI=1S/C24H35N5/c1-15(2)19-12-9-17(13-19)14-28-20-21(25)26-22(18-10-7-16(3)8-11-18)27-23(20)29(28)24(4,5)6/h7,10,15,20,23H,8-9,11-12,14H2,1-6H3,(H2,25,26,27)/t20-,23?/m0/s1. The van der Waals surface area contributed by atoms with Crippen LogP contribution < -0.4 is 5.73 Å². The lowest BCUT2D eigenvalue weighted by Gasteiger charge is -2.61. The van der Waals surface area contributed by atoms with E-state index in [0.717, 1.165) is 38.1 Å². The van der Waals surface area contributed by atoms with Crippen molar-refractivity contribution in [3.63, 3.8) is 0 Å². The van der Waals surface area contributed by atoms with Crippen LogP contribution in [0.5, 0.6) is 0 Å². The molecule has 2 aliphatic carbocycles. The molecular weight excluding hydrogens is 358 g/mol. The van der Waals surface area contributed by atoms with Gasteiger partial charge < -0.3 is 5.73 Å². The van der Waals surface area contributed by atoms with E-state index in [-0.39, 0.29) is 17.7 Å². The molecule has 1 fully saturated rings. The van der Waals surface area contributed by atoms with Crippen LogP contribution in [0.3, 0.4) is 0 Å². The van der Waals surface area contributed by atoms with E-state index in [0.29, 0.717) is 11.8 Å². The maximum Gasteiger partial charge on any atom is 0.154 e. The van der Waals surface area contributed by atoms with Crippen LogP contribution in [0.1, 0.15) is 67.2 Å². The van der Waals surface area contributed by atoms with Gasteiger partial charge in [0, 0.05) is 12.1 Å². The molecule has 2 N–H and O–H groups in total. The number of nitrogens with two attached hydrogens (primary N) is 1. The van der Waals surface area contributed by atoms with Gasteiger partial charge in [0.05, 0.1) is 0 Å². The third-order valence-electron chi connectivity index (χ3n) is 6.34. The second-order valence-corrected chi connectivity index (χ2v) is 10.1. The van der Waals surface area contributed by atoms with Crippen molar-refractivity contribution in [2.45, 2.75) is 85.0 Å². The average Bonchev–Trinajstić information content (AvgIpc) is 3.08. The highest BCUT2D eigenvalue weighted by molar-refractivity contribution is 6.09. The summed E-state index contributed by atoms with van der Waals surface area (Å²) in [5.74, 6) is 2.09. The summed E-state index contributed by atoms with van der Waals surface area (Å²) in [6.07, 6.45) is 8.67. The number of fused-ring (bicyclic) bond motifs is 1. The Labute approximate surface area is 175 Å². The molecule has 0 aromatic rings. The predicted molar refractivity (Wildman–Crippen MR) is 121 cm³/mol. The Morgan fingerprint density at radius 3 is 2.52 bits per heavy atom. The van der Waals surface area contributed by atoms with Crippen molar-refractivity contribution in [3.8, 4) is 0 Å². The van der Waals surface area contributed by atoms with Crippen LogP contribution in [-0.4, -0.2) is 46.0 Å². The molecule has 2 atom stereocenters. The molecular formula is C24H35N5. The Kier molecular flexibility index (Phi) is 5.18. The van der Waals surface area contributed by atoms with E-state index in [1.165, 1.54) is 22.3 Å². The normalized spacial score (nSPS) is 28.1. The minimum atomic E-state index is -0.0331. The molecule has 0 aromatic carbocycles. The highest BCUT2D eigenvalue weighted by atomic mass is 15.8. The Hall–Kier alpha value is -1.94. The molecule has 156 valence electrons. The quantitative estimate of drug-likeness (QED) is 0.723. The average molecular weight is 394 g/mol. The summed E-state index contributed by atoms with van der Waals surface area (Å²) in [5, 5.41) is 4.76. The zero-order valence-corrected chi connectivity index (χ0v) is 18.8. The lowest BCUT2D eigenvalue weighted by Crippen LogP contribution is -2.79. The fourth-order valence-corrected chi connectivity index (χ4v) is 4.70. The van der Waals surface area contributed by atoms with Crippen molar-refractivity contribution in [3.05, 3.63) is 40.2 Å². The van der Waals surface area contributed by atoms with Gasteiger partial charge in [-0.1, -0.05) is 31.6 Å². The van der Waals surface area contributed by atoms with Crippen molar-refractivity contribution >= 4 is 11.7 Å². The molecule has 0 aromatic heterocycles. The maximum atomic E-state index is 6.51. The molecule has 4 aliphatic rings. The first-order valence-electron chi connectivity index (χ1n) is 11.0. The third-order valence-corrected chi connectivity index (χ3v) is 6.34. The van der Waals surface area contributed by atoms with Crippen LogP contribution >= 0.6 is 0 Å². The minimum Gasteiger partial charge on any atom is -0.386 e. The SMILES string of the molecule is CC1=CC=C(C2=NC3[C@H](C(N)=N2)N(CC2=C=C(C(C)C)CC2)N3C(C)(C)C)CC1. The largest absolute Gasteiger partial charge is 0.386 e. The zero-order chi connectivity index (χ0) is 20.9. The zero-order valence-electron chi connectivity index (χ0n) is 18.8. The highest BCUT2D eigenvalue weighted by Crippen LogP contribution is 2.39. The molecule has 0 amide bonds. The Morgan fingerprint density at radius 2 is 1.93 bits per heavy atom. The summed E-state index contributed by atoms with van der Waals surface area (Å²) in [7, 11) is 0. The molecule has 0 saturated carbocycles. The topological polar surface area (TPSA) is 57.2 Å². The van der Waals surface area contributed by atoms with E-state index in [1.807, 2.05) is 0 Å². The molecule has 2 heterocycles. The van der Waals surface area contributed by atoms with Gasteiger partial charge in [0.1, 0.15) is 18.0 Å². The molecule has 0 bridgehead atoms. The number of aliphatic imine (C=N–C) groups is 2. The van der Waals surface area contributed by atoms with Crippen LogP contribution in [0.4, 0.5) is 0 Å². The Bertz CT molecular complexity index is 887. The molecule has 5 heteroatoms. The monoisotopic (exact) mass is 393 g/mol. The van der Waals surface area contributed by atoms with Gasteiger partial charge in [-0.3, -0.25) is 0 Å². The fourth-order valence-electron chi connectivity index (χ4n) is 4.70. The lowest BCUT2D eigenvalue weighted by atomic mass is 9.94. The van der Waals surface area contributed by atoms with Gasteiger partial charge in [0.15, 0.2) is 5.84 Å². The van der Waals surface area contributed by atoms with Gasteiger partial charge in [-0.25, -0.2) is 20.0 Å². The van der Waals surface area contributed by atoms with Crippen molar-refractivity contribution in [1.82, 2.24) is 10.0 Å². The second-order valence-electron chi connectivity index (χ2n) is 10.1. The van der Waals surface area contributed by atoms with E-state index >= 15 is 0 Å². The molecule has 1 saturated heterocycles. The van der Waals surface area contributed by atoms with E-state index in [4.69, 9.17) is 15.7 Å². The molecule has 29 heavy (non-hydrogen) atoms. The van der Waals surface area contributed by atoms with E-state index < -0.39 is 0 Å². The van der Waals surface area contributed by atoms with Gasteiger partial charge in [0.2, 0.25) is 0 Å². The van der Waals surface area contributed by atoms with Gasteiger partial charge in [-0.05, 0) is 76.0 Å². The molecule has 5 nitrogen and oxygen atoms in total.